The fraction of sp³-hybridized carbons (Fsp3) is 0.786. The molecule has 116 valence electrons. The number of hydrogen-bond donors (Lipinski definition) is 2. The van der Waals surface area contributed by atoms with Gasteiger partial charge < -0.3 is 9.47 Å². The SMILES string of the molecule is COCCOCCC(Cc1nc(C(C)(C)C)cs1)NN. The van der Waals surface area contributed by atoms with E-state index >= 15 is 0 Å². The highest BCUT2D eigenvalue weighted by molar-refractivity contribution is 7.09. The standard InChI is InChI=1S/C14H27N3O2S/c1-14(2,3)12-10-20-13(16-12)9-11(17-15)5-6-19-8-7-18-4/h10-11,17H,5-9,15H2,1-4H3. The summed E-state index contributed by atoms with van der Waals surface area (Å²) in [5.41, 5.74) is 4.09. The molecule has 5 nitrogen and oxygen atoms in total. The lowest BCUT2D eigenvalue weighted by Gasteiger charge is -2.16. The number of rotatable bonds is 9. The van der Waals surface area contributed by atoms with Crippen LogP contribution in [0.4, 0.5) is 0 Å². The third kappa shape index (κ3) is 6.28. The van der Waals surface area contributed by atoms with Crippen molar-refractivity contribution in [3.05, 3.63) is 16.1 Å². The van der Waals surface area contributed by atoms with Gasteiger partial charge in [-0.15, -0.1) is 11.3 Å². The highest BCUT2D eigenvalue weighted by Gasteiger charge is 2.18. The largest absolute Gasteiger partial charge is 0.382 e. The first-order valence-electron chi connectivity index (χ1n) is 6.95. The van der Waals surface area contributed by atoms with Crippen molar-refractivity contribution in [2.45, 2.75) is 45.1 Å². The van der Waals surface area contributed by atoms with E-state index in [-0.39, 0.29) is 11.5 Å². The Labute approximate surface area is 125 Å². The molecule has 0 radical (unpaired) electrons. The minimum atomic E-state index is 0.101. The molecule has 0 bridgehead atoms. The average Bonchev–Trinajstić information content (AvgIpc) is 2.85. The van der Waals surface area contributed by atoms with Crippen molar-refractivity contribution in [3.8, 4) is 0 Å². The monoisotopic (exact) mass is 301 g/mol. The third-order valence-corrected chi connectivity index (χ3v) is 3.89. The van der Waals surface area contributed by atoms with Crippen LogP contribution in [0, 0.1) is 0 Å². The molecule has 0 saturated heterocycles. The Kier molecular flexibility index (Phi) is 7.61. The van der Waals surface area contributed by atoms with Crippen molar-refractivity contribution >= 4 is 11.3 Å². The van der Waals surface area contributed by atoms with Crippen LogP contribution in [0.15, 0.2) is 5.38 Å². The Hall–Kier alpha value is -0.530. The number of nitrogens with zero attached hydrogens (tertiary/aromatic N) is 1. The lowest BCUT2D eigenvalue weighted by atomic mass is 9.93. The number of ether oxygens (including phenoxy) is 2. The summed E-state index contributed by atoms with van der Waals surface area (Å²) in [6, 6.07) is 0.191. The van der Waals surface area contributed by atoms with Crippen LogP contribution in [0.5, 0.6) is 0 Å². The quantitative estimate of drug-likeness (QED) is 0.414. The number of hydrogen-bond acceptors (Lipinski definition) is 6. The smallest absolute Gasteiger partial charge is 0.0944 e. The van der Waals surface area contributed by atoms with Gasteiger partial charge in [0, 0.05) is 37.0 Å². The minimum Gasteiger partial charge on any atom is -0.382 e. The fourth-order valence-electron chi connectivity index (χ4n) is 1.67. The summed E-state index contributed by atoms with van der Waals surface area (Å²) in [5.74, 6) is 5.60. The number of thiazole rings is 1. The Morgan fingerprint density at radius 1 is 1.35 bits per heavy atom. The van der Waals surface area contributed by atoms with Gasteiger partial charge in [-0.25, -0.2) is 4.98 Å². The van der Waals surface area contributed by atoms with Gasteiger partial charge in [-0.1, -0.05) is 20.8 Å². The van der Waals surface area contributed by atoms with E-state index in [1.807, 2.05) is 0 Å². The van der Waals surface area contributed by atoms with E-state index in [0.29, 0.717) is 19.8 Å². The molecule has 0 aromatic carbocycles. The molecular formula is C14H27N3O2S. The molecule has 1 heterocycles. The van der Waals surface area contributed by atoms with E-state index in [1.165, 1.54) is 0 Å². The minimum absolute atomic E-state index is 0.101. The molecule has 0 spiro atoms. The van der Waals surface area contributed by atoms with Gasteiger partial charge in [0.05, 0.1) is 23.9 Å². The molecule has 0 aliphatic carbocycles. The van der Waals surface area contributed by atoms with Crippen LogP contribution in [0.3, 0.4) is 0 Å². The van der Waals surface area contributed by atoms with E-state index in [4.69, 9.17) is 15.3 Å². The summed E-state index contributed by atoms with van der Waals surface area (Å²) in [6.07, 6.45) is 1.70. The molecule has 0 amide bonds. The predicted molar refractivity (Wildman–Crippen MR) is 82.9 cm³/mol. The van der Waals surface area contributed by atoms with E-state index in [9.17, 15) is 0 Å². The molecule has 1 rings (SSSR count). The van der Waals surface area contributed by atoms with Crippen molar-refractivity contribution in [3.63, 3.8) is 0 Å². The summed E-state index contributed by atoms with van der Waals surface area (Å²) < 4.78 is 10.4. The van der Waals surface area contributed by atoms with Gasteiger partial charge in [0.25, 0.3) is 0 Å². The van der Waals surface area contributed by atoms with Gasteiger partial charge >= 0.3 is 0 Å². The van der Waals surface area contributed by atoms with Gasteiger partial charge in [-0.3, -0.25) is 11.3 Å². The van der Waals surface area contributed by atoms with Crippen LogP contribution in [0.1, 0.15) is 37.9 Å². The van der Waals surface area contributed by atoms with Crippen molar-refractivity contribution in [2.75, 3.05) is 26.9 Å². The van der Waals surface area contributed by atoms with E-state index < -0.39 is 0 Å². The van der Waals surface area contributed by atoms with Gasteiger partial charge in [-0.2, -0.15) is 0 Å². The second-order valence-corrected chi connectivity index (χ2v) is 6.78. The van der Waals surface area contributed by atoms with Crippen LogP contribution in [-0.2, 0) is 21.3 Å². The van der Waals surface area contributed by atoms with Crippen LogP contribution in [0.2, 0.25) is 0 Å². The summed E-state index contributed by atoms with van der Waals surface area (Å²) in [5, 5.41) is 3.26. The molecular weight excluding hydrogens is 274 g/mol. The highest BCUT2D eigenvalue weighted by Crippen LogP contribution is 2.24. The van der Waals surface area contributed by atoms with Crippen LogP contribution in [0.25, 0.3) is 0 Å². The molecule has 3 N–H and O–H groups in total. The fourth-order valence-corrected chi connectivity index (χ4v) is 2.78. The molecule has 1 unspecified atom stereocenters. The zero-order chi connectivity index (χ0) is 15.0. The van der Waals surface area contributed by atoms with Crippen molar-refractivity contribution < 1.29 is 9.47 Å². The van der Waals surface area contributed by atoms with E-state index in [0.717, 1.165) is 23.5 Å². The summed E-state index contributed by atoms with van der Waals surface area (Å²) in [4.78, 5) is 4.69. The molecule has 1 aromatic heterocycles. The first-order chi connectivity index (χ1) is 9.47. The van der Waals surface area contributed by atoms with Gasteiger partial charge in [0.15, 0.2) is 0 Å². The van der Waals surface area contributed by atoms with Gasteiger partial charge in [0.2, 0.25) is 0 Å². The maximum atomic E-state index is 5.60. The maximum absolute atomic E-state index is 5.60. The number of methoxy groups -OCH3 is 1. The van der Waals surface area contributed by atoms with Crippen LogP contribution in [-0.4, -0.2) is 38.0 Å². The van der Waals surface area contributed by atoms with Gasteiger partial charge in [0.1, 0.15) is 0 Å². The number of nitrogens with two attached hydrogens (primary N) is 1. The molecule has 20 heavy (non-hydrogen) atoms. The Bertz CT molecular complexity index is 377. The summed E-state index contributed by atoms with van der Waals surface area (Å²) >= 11 is 1.70. The topological polar surface area (TPSA) is 69.4 Å². The molecule has 6 heteroatoms. The number of nitrogens with one attached hydrogen (secondary N) is 1. The predicted octanol–water partition coefficient (Wildman–Crippen LogP) is 1.87. The lowest BCUT2D eigenvalue weighted by Crippen LogP contribution is -2.37. The van der Waals surface area contributed by atoms with E-state index in [2.05, 4.69) is 36.6 Å². The van der Waals surface area contributed by atoms with Crippen molar-refractivity contribution in [1.82, 2.24) is 10.4 Å². The lowest BCUT2D eigenvalue weighted by molar-refractivity contribution is 0.0658. The van der Waals surface area contributed by atoms with Crippen molar-refractivity contribution in [1.29, 1.82) is 0 Å². The summed E-state index contributed by atoms with van der Waals surface area (Å²) in [7, 11) is 1.67. The molecule has 0 saturated carbocycles. The maximum Gasteiger partial charge on any atom is 0.0944 e. The van der Waals surface area contributed by atoms with E-state index in [1.54, 1.807) is 18.4 Å². The number of hydrazine groups is 1. The van der Waals surface area contributed by atoms with Crippen LogP contribution >= 0.6 is 11.3 Å². The first kappa shape index (κ1) is 17.5. The molecule has 1 aromatic rings. The second kappa shape index (κ2) is 8.69. The Morgan fingerprint density at radius 3 is 2.65 bits per heavy atom. The van der Waals surface area contributed by atoms with Gasteiger partial charge in [-0.05, 0) is 6.42 Å². The molecule has 0 aliphatic rings. The zero-order valence-corrected chi connectivity index (χ0v) is 13.8. The molecule has 0 fully saturated rings. The number of aromatic nitrogens is 1. The highest BCUT2D eigenvalue weighted by atomic mass is 32.1. The van der Waals surface area contributed by atoms with Crippen LogP contribution < -0.4 is 11.3 Å². The molecule has 0 aliphatic heterocycles. The molecule has 1 atom stereocenters. The third-order valence-electron chi connectivity index (χ3n) is 3.02. The Balaban J connectivity index is 2.38. The van der Waals surface area contributed by atoms with Crippen molar-refractivity contribution in [2.24, 2.45) is 5.84 Å². The summed E-state index contributed by atoms with van der Waals surface area (Å²) in [6.45, 7) is 8.45. The average molecular weight is 301 g/mol. The Morgan fingerprint density at radius 2 is 2.10 bits per heavy atom. The zero-order valence-electron chi connectivity index (χ0n) is 12.9. The second-order valence-electron chi connectivity index (χ2n) is 5.84. The normalized spacial score (nSPS) is 13.7. The first-order valence-corrected chi connectivity index (χ1v) is 7.83.